The van der Waals surface area contributed by atoms with E-state index in [4.69, 9.17) is 11.6 Å². The average molecular weight is 388 g/mol. The van der Waals surface area contributed by atoms with Crippen LogP contribution in [0.15, 0.2) is 42.5 Å². The van der Waals surface area contributed by atoms with E-state index in [-0.39, 0.29) is 23.7 Å². The van der Waals surface area contributed by atoms with Crippen LogP contribution in [-0.2, 0) is 16.0 Å². The molecule has 142 valence electrons. The number of likely N-dealkylation sites (tertiary alicyclic amines) is 1. The second-order valence-corrected chi connectivity index (χ2v) is 8.47. The minimum atomic E-state index is -0.591. The highest BCUT2D eigenvalue weighted by molar-refractivity contribution is 6.30. The Bertz CT molecular complexity index is 871. The standard InChI is InChI=1S/C22H23ClFNO2/c1-22(2,3)21(27)25-17(9-11-20(25)26)12-14-4-6-15(7-5-14)18-13-16(23)8-10-19(18)24/h4-8,10,13,17H,9,11-12H2,1-3H3/t17-/m0/s1. The summed E-state index contributed by atoms with van der Waals surface area (Å²) in [6.07, 6.45) is 1.68. The molecule has 0 saturated carbocycles. The zero-order chi connectivity index (χ0) is 19.8. The second kappa shape index (κ2) is 7.43. The number of benzene rings is 2. The van der Waals surface area contributed by atoms with Crippen molar-refractivity contribution in [3.63, 3.8) is 0 Å². The second-order valence-electron chi connectivity index (χ2n) is 8.04. The van der Waals surface area contributed by atoms with E-state index in [1.807, 2.05) is 45.0 Å². The van der Waals surface area contributed by atoms with Crippen molar-refractivity contribution in [1.82, 2.24) is 4.90 Å². The highest BCUT2D eigenvalue weighted by Gasteiger charge is 2.40. The maximum absolute atomic E-state index is 14.0. The van der Waals surface area contributed by atoms with Gasteiger partial charge < -0.3 is 0 Å². The number of amides is 2. The normalized spacial score (nSPS) is 17.4. The van der Waals surface area contributed by atoms with Gasteiger partial charge in [0.15, 0.2) is 0 Å². The van der Waals surface area contributed by atoms with Gasteiger partial charge in [-0.1, -0.05) is 56.6 Å². The molecule has 3 nitrogen and oxygen atoms in total. The van der Waals surface area contributed by atoms with Crippen molar-refractivity contribution in [2.24, 2.45) is 5.41 Å². The Kier molecular flexibility index (Phi) is 5.38. The van der Waals surface area contributed by atoms with Gasteiger partial charge in [0.2, 0.25) is 11.8 Å². The molecule has 1 heterocycles. The van der Waals surface area contributed by atoms with Crippen molar-refractivity contribution >= 4 is 23.4 Å². The SMILES string of the molecule is CC(C)(C)C(=O)N1C(=O)CC[C@H]1Cc1ccc(-c2cc(Cl)ccc2F)cc1. The molecule has 0 bridgehead atoms. The minimum Gasteiger partial charge on any atom is -0.279 e. The highest BCUT2D eigenvalue weighted by atomic mass is 35.5. The van der Waals surface area contributed by atoms with Crippen LogP contribution in [0.4, 0.5) is 4.39 Å². The van der Waals surface area contributed by atoms with Gasteiger partial charge >= 0.3 is 0 Å². The van der Waals surface area contributed by atoms with E-state index in [0.717, 1.165) is 11.1 Å². The molecular weight excluding hydrogens is 365 g/mol. The number of hydrogen-bond donors (Lipinski definition) is 0. The van der Waals surface area contributed by atoms with Crippen molar-refractivity contribution in [3.8, 4) is 11.1 Å². The van der Waals surface area contributed by atoms with Crippen LogP contribution in [0.1, 0.15) is 39.2 Å². The summed E-state index contributed by atoms with van der Waals surface area (Å²) in [6, 6.07) is 11.9. The fourth-order valence-electron chi connectivity index (χ4n) is 3.39. The van der Waals surface area contributed by atoms with Crippen molar-refractivity contribution in [1.29, 1.82) is 0 Å². The van der Waals surface area contributed by atoms with E-state index >= 15 is 0 Å². The van der Waals surface area contributed by atoms with E-state index < -0.39 is 5.41 Å². The van der Waals surface area contributed by atoms with Crippen LogP contribution in [0, 0.1) is 11.2 Å². The zero-order valence-corrected chi connectivity index (χ0v) is 16.5. The van der Waals surface area contributed by atoms with Crippen molar-refractivity contribution in [2.75, 3.05) is 0 Å². The quantitative estimate of drug-likeness (QED) is 0.721. The summed E-state index contributed by atoms with van der Waals surface area (Å²) in [5.41, 5.74) is 1.61. The van der Waals surface area contributed by atoms with Gasteiger partial charge in [0, 0.05) is 28.5 Å². The number of nitrogens with zero attached hydrogens (tertiary/aromatic N) is 1. The molecule has 2 amide bonds. The number of halogens is 2. The Balaban J connectivity index is 1.79. The molecule has 0 aliphatic carbocycles. The van der Waals surface area contributed by atoms with Gasteiger partial charge in [-0.05, 0) is 42.2 Å². The Labute approximate surface area is 164 Å². The molecule has 1 aliphatic heterocycles. The summed E-state index contributed by atoms with van der Waals surface area (Å²) in [4.78, 5) is 26.3. The Morgan fingerprint density at radius 3 is 2.48 bits per heavy atom. The summed E-state index contributed by atoms with van der Waals surface area (Å²) >= 11 is 5.97. The lowest BCUT2D eigenvalue weighted by Gasteiger charge is -2.29. The van der Waals surface area contributed by atoms with Gasteiger partial charge in [0.1, 0.15) is 5.82 Å². The summed E-state index contributed by atoms with van der Waals surface area (Å²) in [6.45, 7) is 5.48. The molecule has 0 N–H and O–H groups in total. The highest BCUT2D eigenvalue weighted by Crippen LogP contribution is 2.30. The molecule has 0 radical (unpaired) electrons. The molecule has 2 aromatic carbocycles. The first kappa shape index (κ1) is 19.6. The van der Waals surface area contributed by atoms with Crippen LogP contribution in [0.3, 0.4) is 0 Å². The van der Waals surface area contributed by atoms with Crippen LogP contribution < -0.4 is 0 Å². The Morgan fingerprint density at radius 1 is 1.19 bits per heavy atom. The van der Waals surface area contributed by atoms with Gasteiger partial charge in [-0.25, -0.2) is 4.39 Å². The van der Waals surface area contributed by atoms with Gasteiger partial charge in [-0.15, -0.1) is 0 Å². The van der Waals surface area contributed by atoms with Crippen LogP contribution in [0.5, 0.6) is 0 Å². The molecule has 1 saturated heterocycles. The molecule has 0 unspecified atom stereocenters. The molecular formula is C22H23ClFNO2. The van der Waals surface area contributed by atoms with Crippen LogP contribution in [0.25, 0.3) is 11.1 Å². The number of hydrogen-bond acceptors (Lipinski definition) is 2. The first-order valence-corrected chi connectivity index (χ1v) is 9.45. The van der Waals surface area contributed by atoms with Gasteiger partial charge in [0.25, 0.3) is 0 Å². The first-order chi connectivity index (χ1) is 12.7. The van der Waals surface area contributed by atoms with E-state index in [1.165, 1.54) is 17.0 Å². The number of rotatable bonds is 3. The topological polar surface area (TPSA) is 37.4 Å². The van der Waals surface area contributed by atoms with E-state index in [1.54, 1.807) is 6.07 Å². The maximum atomic E-state index is 14.0. The third-order valence-electron chi connectivity index (χ3n) is 4.85. The number of carbonyl (C=O) groups excluding carboxylic acids is 2. The van der Waals surface area contributed by atoms with Gasteiger partial charge in [0.05, 0.1) is 0 Å². The minimum absolute atomic E-state index is 0.0995. The zero-order valence-electron chi connectivity index (χ0n) is 15.8. The van der Waals surface area contributed by atoms with Crippen molar-refractivity contribution in [2.45, 2.75) is 46.1 Å². The lowest BCUT2D eigenvalue weighted by Crippen LogP contribution is -2.45. The molecule has 3 rings (SSSR count). The average Bonchev–Trinajstić information content (AvgIpc) is 2.96. The summed E-state index contributed by atoms with van der Waals surface area (Å²) in [7, 11) is 0. The first-order valence-electron chi connectivity index (χ1n) is 9.07. The maximum Gasteiger partial charge on any atom is 0.234 e. The van der Waals surface area contributed by atoms with E-state index in [9.17, 15) is 14.0 Å². The number of carbonyl (C=O) groups is 2. The lowest BCUT2D eigenvalue weighted by molar-refractivity contribution is -0.149. The van der Waals surface area contributed by atoms with E-state index in [0.29, 0.717) is 29.8 Å². The van der Waals surface area contributed by atoms with Gasteiger partial charge in [-0.3, -0.25) is 14.5 Å². The molecule has 27 heavy (non-hydrogen) atoms. The third-order valence-corrected chi connectivity index (χ3v) is 5.09. The lowest BCUT2D eigenvalue weighted by atomic mass is 9.93. The largest absolute Gasteiger partial charge is 0.279 e. The Morgan fingerprint density at radius 2 is 1.85 bits per heavy atom. The third kappa shape index (κ3) is 4.22. The van der Waals surface area contributed by atoms with Gasteiger partial charge in [-0.2, -0.15) is 0 Å². The molecule has 5 heteroatoms. The molecule has 1 aliphatic rings. The molecule has 1 fully saturated rings. The fourth-order valence-corrected chi connectivity index (χ4v) is 3.56. The molecule has 0 spiro atoms. The monoisotopic (exact) mass is 387 g/mol. The van der Waals surface area contributed by atoms with Crippen molar-refractivity contribution in [3.05, 3.63) is 58.9 Å². The van der Waals surface area contributed by atoms with Crippen LogP contribution in [0.2, 0.25) is 5.02 Å². The van der Waals surface area contributed by atoms with E-state index in [2.05, 4.69) is 0 Å². The predicted octanol–water partition coefficient (Wildman–Crippen LogP) is 5.25. The van der Waals surface area contributed by atoms with Crippen molar-refractivity contribution < 1.29 is 14.0 Å². The molecule has 1 atom stereocenters. The summed E-state index contributed by atoms with van der Waals surface area (Å²) < 4.78 is 14.0. The van der Waals surface area contributed by atoms with Crippen LogP contribution in [-0.4, -0.2) is 22.8 Å². The Hall–Kier alpha value is -2.20. The fraction of sp³-hybridized carbons (Fsp3) is 0.364. The molecule has 2 aromatic rings. The predicted molar refractivity (Wildman–Crippen MR) is 105 cm³/mol. The van der Waals surface area contributed by atoms with Crippen LogP contribution >= 0.6 is 11.6 Å². The smallest absolute Gasteiger partial charge is 0.234 e. The summed E-state index contributed by atoms with van der Waals surface area (Å²) in [5, 5.41) is 0.483. The summed E-state index contributed by atoms with van der Waals surface area (Å²) in [5.74, 6) is -0.555. The number of imide groups is 1. The molecule has 0 aromatic heterocycles.